The molecule has 14 nitrogen and oxygen atoms in total. The van der Waals surface area contributed by atoms with E-state index in [-0.39, 0.29) is 0 Å². The maximum atomic E-state index is 11.2. The van der Waals surface area contributed by atoms with Gasteiger partial charge in [-0.15, -0.1) is 0 Å². The van der Waals surface area contributed by atoms with Crippen molar-refractivity contribution in [3.63, 3.8) is 0 Å². The van der Waals surface area contributed by atoms with Crippen molar-refractivity contribution < 1.29 is 57.4 Å². The molecule has 158 valence electrons. The van der Waals surface area contributed by atoms with E-state index in [4.69, 9.17) is 39.1 Å². The Bertz CT molecular complexity index is 544. The van der Waals surface area contributed by atoms with Crippen molar-refractivity contribution in [1.29, 1.82) is 0 Å². The molecule has 0 amide bonds. The van der Waals surface area contributed by atoms with Crippen LogP contribution in [-0.4, -0.2) is 86.2 Å². The Morgan fingerprint density at radius 3 is 0.808 bits per heavy atom. The number of nitrogens with zero attached hydrogens (tertiary/aromatic N) is 2. The van der Waals surface area contributed by atoms with E-state index in [2.05, 4.69) is 0 Å². The van der Waals surface area contributed by atoms with Crippen LogP contribution in [0.2, 0.25) is 0 Å². The number of hydrogen-bond acceptors (Lipinski definition) is 6. The average molecular weight is 464 g/mol. The fourth-order valence-electron chi connectivity index (χ4n) is 2.16. The van der Waals surface area contributed by atoms with E-state index in [1.54, 1.807) is 0 Å². The lowest BCUT2D eigenvalue weighted by atomic mass is 10.1. The zero-order chi connectivity index (χ0) is 21.1. The summed E-state index contributed by atoms with van der Waals surface area (Å²) in [5, 5.41) is 0. The maximum Gasteiger partial charge on any atom is 0.339 e. The van der Waals surface area contributed by atoms with Crippen LogP contribution in [0.1, 0.15) is 13.8 Å². The van der Waals surface area contributed by atoms with Gasteiger partial charge in [0.2, 0.25) is 0 Å². The predicted molar refractivity (Wildman–Crippen MR) is 90.2 cm³/mol. The van der Waals surface area contributed by atoms with Gasteiger partial charge >= 0.3 is 30.4 Å². The Morgan fingerprint density at radius 2 is 0.692 bits per heavy atom. The molecule has 0 aromatic rings. The van der Waals surface area contributed by atoms with Crippen molar-refractivity contribution in [3.8, 4) is 0 Å². The van der Waals surface area contributed by atoms with E-state index < -0.39 is 67.6 Å². The zero-order valence-electron chi connectivity index (χ0n) is 13.9. The smallest absolute Gasteiger partial charge is 0.324 e. The van der Waals surface area contributed by atoms with E-state index in [9.17, 15) is 18.3 Å². The van der Waals surface area contributed by atoms with Gasteiger partial charge < -0.3 is 39.1 Å². The molecule has 0 fully saturated rings. The summed E-state index contributed by atoms with van der Waals surface area (Å²) in [6.45, 7) is 2.50. The third-order valence-electron chi connectivity index (χ3n) is 3.31. The summed E-state index contributed by atoms with van der Waals surface area (Å²) in [6.07, 6.45) is -4.26. The molecule has 2 atom stereocenters. The van der Waals surface area contributed by atoms with Crippen LogP contribution >= 0.6 is 30.4 Å². The lowest BCUT2D eigenvalue weighted by Crippen LogP contribution is -2.50. The van der Waals surface area contributed by atoms with Gasteiger partial charge in [0, 0.05) is 12.1 Å². The van der Waals surface area contributed by atoms with Gasteiger partial charge in [-0.05, 0) is 13.8 Å². The van der Waals surface area contributed by atoms with Crippen LogP contribution in [-0.2, 0) is 18.3 Å². The summed E-state index contributed by atoms with van der Waals surface area (Å²) in [4.78, 5) is 74.1. The van der Waals surface area contributed by atoms with E-state index in [0.717, 1.165) is 0 Å². The quantitative estimate of drug-likeness (QED) is 0.170. The van der Waals surface area contributed by atoms with Crippen molar-refractivity contribution in [2.24, 2.45) is 0 Å². The van der Waals surface area contributed by atoms with Crippen LogP contribution in [0.4, 0.5) is 0 Å². The van der Waals surface area contributed by atoms with Gasteiger partial charge in [0.1, 0.15) is 25.1 Å². The molecule has 0 aromatic carbocycles. The van der Waals surface area contributed by atoms with Gasteiger partial charge in [0.25, 0.3) is 0 Å². The van der Waals surface area contributed by atoms with Crippen LogP contribution in [0.5, 0.6) is 0 Å². The van der Waals surface area contributed by atoms with E-state index >= 15 is 0 Å². The molecular formula is C8H24N2O12P4. The Labute approximate surface area is 149 Å². The Balaban J connectivity index is 5.67. The lowest BCUT2D eigenvalue weighted by Gasteiger charge is -2.39. The lowest BCUT2D eigenvalue weighted by molar-refractivity contribution is 0.126. The summed E-state index contributed by atoms with van der Waals surface area (Å²) in [7, 11) is -19.0. The fraction of sp³-hybridized carbons (Fsp3) is 1.00. The SMILES string of the molecule is CC(C(C)N(CP(=O)(O)O)CP(=O)(O)O)N(CP(=O)(O)O)CP(=O)(O)O. The molecule has 0 heterocycles. The molecule has 0 rings (SSSR count). The highest BCUT2D eigenvalue weighted by Crippen LogP contribution is 2.44. The molecule has 0 aromatic heterocycles. The molecule has 0 spiro atoms. The van der Waals surface area contributed by atoms with E-state index in [1.807, 2.05) is 0 Å². The zero-order valence-corrected chi connectivity index (χ0v) is 17.5. The third kappa shape index (κ3) is 12.8. The first-order valence-electron chi connectivity index (χ1n) is 6.86. The Kier molecular flexibility index (Phi) is 9.53. The Morgan fingerprint density at radius 1 is 0.538 bits per heavy atom. The third-order valence-corrected chi connectivity index (χ3v) is 6.24. The van der Waals surface area contributed by atoms with Crippen molar-refractivity contribution in [2.45, 2.75) is 25.9 Å². The monoisotopic (exact) mass is 464 g/mol. The highest BCUT2D eigenvalue weighted by atomic mass is 31.2. The minimum absolute atomic E-state index is 0.707. The molecule has 0 aliphatic heterocycles. The van der Waals surface area contributed by atoms with Crippen LogP contribution in [0.25, 0.3) is 0 Å². The first-order valence-corrected chi connectivity index (χ1v) is 14.1. The van der Waals surface area contributed by atoms with E-state index in [0.29, 0.717) is 9.80 Å². The first-order chi connectivity index (χ1) is 11.2. The standard InChI is InChI=1S/C8H24N2O12P4/c1-7(9(3-23(11,12)13)4-24(14,15)16)8(2)10(5-25(17,18)19)6-26(20,21)22/h7-8H,3-6H2,1-2H3,(H2,11,12,13)(H2,14,15,16)(H2,17,18,19)(H2,20,21,22). The topological polar surface area (TPSA) is 237 Å². The summed E-state index contributed by atoms with van der Waals surface area (Å²) >= 11 is 0. The van der Waals surface area contributed by atoms with Gasteiger partial charge in [-0.1, -0.05) is 0 Å². The number of hydrogen-bond donors (Lipinski definition) is 8. The molecule has 0 saturated carbocycles. The fourth-order valence-corrected chi connectivity index (χ4v) is 5.80. The minimum atomic E-state index is -4.76. The summed E-state index contributed by atoms with van der Waals surface area (Å²) < 4.78 is 44.9. The van der Waals surface area contributed by atoms with Gasteiger partial charge in [0.05, 0.1) is 0 Å². The molecule has 0 aliphatic rings. The molecule has 0 saturated heterocycles. The molecular weight excluding hydrogens is 440 g/mol. The summed E-state index contributed by atoms with van der Waals surface area (Å²) in [5.41, 5.74) is 0. The number of rotatable bonds is 11. The second kappa shape index (κ2) is 9.35. The van der Waals surface area contributed by atoms with Gasteiger partial charge in [-0.2, -0.15) is 0 Å². The second-order valence-corrected chi connectivity index (χ2v) is 12.3. The predicted octanol–water partition coefficient (Wildman–Crippen LogP) is -1.09. The van der Waals surface area contributed by atoms with Gasteiger partial charge in [-0.25, -0.2) is 0 Å². The van der Waals surface area contributed by atoms with Crippen molar-refractivity contribution in [1.82, 2.24) is 9.80 Å². The second-order valence-electron chi connectivity index (χ2n) is 5.88. The molecule has 26 heavy (non-hydrogen) atoms. The van der Waals surface area contributed by atoms with Crippen molar-refractivity contribution >= 4 is 30.4 Å². The maximum absolute atomic E-state index is 11.2. The average Bonchev–Trinajstić information content (AvgIpc) is 2.28. The normalized spacial score (nSPS) is 16.9. The van der Waals surface area contributed by atoms with Crippen molar-refractivity contribution in [3.05, 3.63) is 0 Å². The van der Waals surface area contributed by atoms with Gasteiger partial charge in [0.15, 0.2) is 0 Å². The first kappa shape index (κ1) is 26.5. The van der Waals surface area contributed by atoms with Crippen LogP contribution < -0.4 is 0 Å². The highest BCUT2D eigenvalue weighted by molar-refractivity contribution is 7.53. The molecule has 18 heteroatoms. The molecule has 2 unspecified atom stereocenters. The Hall–Kier alpha value is 0.520. The van der Waals surface area contributed by atoms with E-state index in [1.165, 1.54) is 13.8 Å². The molecule has 8 N–H and O–H groups in total. The largest absolute Gasteiger partial charge is 0.339 e. The summed E-state index contributed by atoms with van der Waals surface area (Å²) in [6, 6.07) is -2.26. The molecule has 0 radical (unpaired) electrons. The highest BCUT2D eigenvalue weighted by Gasteiger charge is 2.37. The van der Waals surface area contributed by atoms with Crippen molar-refractivity contribution in [2.75, 3.05) is 25.1 Å². The summed E-state index contributed by atoms with van der Waals surface area (Å²) in [5.74, 6) is 0. The van der Waals surface area contributed by atoms with Gasteiger partial charge in [-0.3, -0.25) is 28.1 Å². The molecule has 0 aliphatic carbocycles. The van der Waals surface area contributed by atoms with Crippen LogP contribution in [0.15, 0.2) is 0 Å². The van der Waals surface area contributed by atoms with Crippen LogP contribution in [0.3, 0.4) is 0 Å². The van der Waals surface area contributed by atoms with Crippen LogP contribution in [0, 0.1) is 0 Å². The minimum Gasteiger partial charge on any atom is -0.324 e. The molecule has 0 bridgehead atoms.